The summed E-state index contributed by atoms with van der Waals surface area (Å²) in [6.45, 7) is 2.03. The number of ketones is 1. The molecule has 0 unspecified atom stereocenters. The van der Waals surface area contributed by atoms with Crippen LogP contribution < -0.4 is 4.74 Å². The number of carbonyl (C=O) groups is 1. The van der Waals surface area contributed by atoms with Gasteiger partial charge >= 0.3 is 0 Å². The Morgan fingerprint density at radius 1 is 1.35 bits per heavy atom. The predicted octanol–water partition coefficient (Wildman–Crippen LogP) is 3.49. The van der Waals surface area contributed by atoms with E-state index in [0.29, 0.717) is 6.42 Å². The molecule has 0 saturated carbocycles. The Balaban J connectivity index is 2.11. The zero-order valence-corrected chi connectivity index (χ0v) is 10.7. The minimum absolute atomic E-state index is 0.143. The molecular weight excluding hydrogens is 232 g/mol. The highest BCUT2D eigenvalue weighted by molar-refractivity contribution is 7.12. The van der Waals surface area contributed by atoms with E-state index in [2.05, 4.69) is 0 Å². The second-order valence-electron chi connectivity index (χ2n) is 3.94. The van der Waals surface area contributed by atoms with E-state index in [1.807, 2.05) is 36.6 Å². The van der Waals surface area contributed by atoms with Crippen LogP contribution in [-0.2, 0) is 6.42 Å². The average molecular weight is 246 g/mol. The fourth-order valence-electron chi connectivity index (χ4n) is 1.67. The molecule has 0 atom stereocenters. The van der Waals surface area contributed by atoms with E-state index >= 15 is 0 Å². The molecular formula is C14H14O2S. The van der Waals surface area contributed by atoms with Gasteiger partial charge in [0.25, 0.3) is 0 Å². The third-order valence-corrected chi connectivity index (χ3v) is 3.48. The van der Waals surface area contributed by atoms with Crippen molar-refractivity contribution in [1.82, 2.24) is 0 Å². The van der Waals surface area contributed by atoms with Crippen LogP contribution in [0.2, 0.25) is 0 Å². The fourth-order valence-corrected chi connectivity index (χ4v) is 2.46. The van der Waals surface area contributed by atoms with Gasteiger partial charge in [0.15, 0.2) is 5.78 Å². The van der Waals surface area contributed by atoms with E-state index < -0.39 is 0 Å². The topological polar surface area (TPSA) is 26.3 Å². The van der Waals surface area contributed by atoms with Gasteiger partial charge in [-0.2, -0.15) is 0 Å². The third kappa shape index (κ3) is 2.94. The summed E-state index contributed by atoms with van der Waals surface area (Å²) >= 11 is 1.43. The van der Waals surface area contributed by atoms with Crippen molar-refractivity contribution in [3.63, 3.8) is 0 Å². The molecule has 0 bridgehead atoms. The maximum Gasteiger partial charge on any atom is 0.177 e. The first-order valence-corrected chi connectivity index (χ1v) is 6.28. The number of methoxy groups -OCH3 is 1. The third-order valence-electron chi connectivity index (χ3n) is 2.53. The van der Waals surface area contributed by atoms with Crippen LogP contribution in [0.3, 0.4) is 0 Å². The first-order chi connectivity index (χ1) is 8.19. The first-order valence-electron chi connectivity index (χ1n) is 5.40. The van der Waals surface area contributed by atoms with E-state index in [1.54, 1.807) is 13.2 Å². The number of carbonyl (C=O) groups excluding carboxylic acids is 1. The highest BCUT2D eigenvalue weighted by atomic mass is 32.1. The van der Waals surface area contributed by atoms with Crippen LogP contribution in [-0.4, -0.2) is 12.9 Å². The zero-order valence-electron chi connectivity index (χ0n) is 9.90. The largest absolute Gasteiger partial charge is 0.496 e. The number of aryl methyl sites for hydroxylation is 1. The molecule has 0 N–H and O–H groups in total. The molecule has 0 amide bonds. The van der Waals surface area contributed by atoms with E-state index in [-0.39, 0.29) is 5.78 Å². The molecule has 2 nitrogen and oxygen atoms in total. The lowest BCUT2D eigenvalue weighted by atomic mass is 10.1. The molecule has 17 heavy (non-hydrogen) atoms. The molecule has 1 heterocycles. The highest BCUT2D eigenvalue weighted by Gasteiger charge is 2.10. The molecule has 0 spiro atoms. The molecule has 1 aromatic heterocycles. The van der Waals surface area contributed by atoms with Crippen molar-refractivity contribution in [2.24, 2.45) is 0 Å². The van der Waals surface area contributed by atoms with Crippen LogP contribution in [0.25, 0.3) is 0 Å². The molecule has 0 radical (unpaired) electrons. The predicted molar refractivity (Wildman–Crippen MR) is 70.1 cm³/mol. The van der Waals surface area contributed by atoms with E-state index in [1.165, 1.54) is 16.9 Å². The number of rotatable bonds is 4. The molecule has 0 aliphatic carbocycles. The summed E-state index contributed by atoms with van der Waals surface area (Å²) in [5, 5.41) is 1.85. The van der Waals surface area contributed by atoms with Crippen molar-refractivity contribution in [3.05, 3.63) is 51.7 Å². The fraction of sp³-hybridized carbons (Fsp3) is 0.214. The number of hydrogen-bond donors (Lipinski definition) is 0. The summed E-state index contributed by atoms with van der Waals surface area (Å²) in [5.74, 6) is 0.895. The Morgan fingerprint density at radius 3 is 2.82 bits per heavy atom. The summed E-state index contributed by atoms with van der Waals surface area (Å²) in [6.07, 6.45) is 0.450. The Kier molecular flexibility index (Phi) is 3.59. The van der Waals surface area contributed by atoms with E-state index in [4.69, 9.17) is 4.74 Å². The summed E-state index contributed by atoms with van der Waals surface area (Å²) in [5.41, 5.74) is 2.24. The SMILES string of the molecule is COc1csc(C(=O)Cc2cccc(C)c2)c1. The number of hydrogen-bond acceptors (Lipinski definition) is 3. The smallest absolute Gasteiger partial charge is 0.177 e. The van der Waals surface area contributed by atoms with Gasteiger partial charge in [-0.1, -0.05) is 29.8 Å². The van der Waals surface area contributed by atoms with Gasteiger partial charge in [0.2, 0.25) is 0 Å². The van der Waals surface area contributed by atoms with E-state index in [9.17, 15) is 4.79 Å². The van der Waals surface area contributed by atoms with Gasteiger partial charge in [0.05, 0.1) is 12.0 Å². The number of benzene rings is 1. The van der Waals surface area contributed by atoms with Crippen LogP contribution in [0.5, 0.6) is 5.75 Å². The van der Waals surface area contributed by atoms with Crippen LogP contribution in [0, 0.1) is 6.92 Å². The minimum atomic E-state index is 0.143. The molecule has 3 heteroatoms. The van der Waals surface area contributed by atoms with Gasteiger partial charge in [0, 0.05) is 17.9 Å². The number of thiophene rings is 1. The van der Waals surface area contributed by atoms with Crippen LogP contribution >= 0.6 is 11.3 Å². The monoisotopic (exact) mass is 246 g/mol. The van der Waals surface area contributed by atoms with Crippen molar-refractivity contribution in [2.75, 3.05) is 7.11 Å². The average Bonchev–Trinajstić information content (AvgIpc) is 2.77. The van der Waals surface area contributed by atoms with Gasteiger partial charge in [-0.05, 0) is 12.5 Å². The maximum absolute atomic E-state index is 12.0. The van der Waals surface area contributed by atoms with Gasteiger partial charge in [0.1, 0.15) is 5.75 Å². The molecule has 0 fully saturated rings. The second-order valence-corrected chi connectivity index (χ2v) is 4.85. The van der Waals surface area contributed by atoms with Crippen molar-refractivity contribution in [2.45, 2.75) is 13.3 Å². The lowest BCUT2D eigenvalue weighted by Crippen LogP contribution is -2.01. The van der Waals surface area contributed by atoms with Crippen molar-refractivity contribution in [3.8, 4) is 5.75 Å². The molecule has 1 aromatic carbocycles. The summed E-state index contributed by atoms with van der Waals surface area (Å²) in [6, 6.07) is 9.83. The van der Waals surface area contributed by atoms with Gasteiger partial charge in [-0.3, -0.25) is 4.79 Å². The first kappa shape index (κ1) is 11.9. The van der Waals surface area contributed by atoms with Gasteiger partial charge in [-0.15, -0.1) is 11.3 Å². The molecule has 0 saturated heterocycles. The Morgan fingerprint density at radius 2 is 2.18 bits per heavy atom. The second kappa shape index (κ2) is 5.15. The maximum atomic E-state index is 12.0. The summed E-state index contributed by atoms with van der Waals surface area (Å²) < 4.78 is 5.07. The molecule has 88 valence electrons. The molecule has 2 aromatic rings. The lowest BCUT2D eigenvalue weighted by Gasteiger charge is -2.00. The van der Waals surface area contributed by atoms with Gasteiger partial charge < -0.3 is 4.74 Å². The van der Waals surface area contributed by atoms with Crippen LogP contribution in [0.15, 0.2) is 35.7 Å². The van der Waals surface area contributed by atoms with Crippen molar-refractivity contribution >= 4 is 17.1 Å². The normalized spacial score (nSPS) is 10.2. The zero-order chi connectivity index (χ0) is 12.3. The van der Waals surface area contributed by atoms with Crippen molar-refractivity contribution < 1.29 is 9.53 Å². The standard InChI is InChI=1S/C14H14O2S/c1-10-4-3-5-11(6-10)7-13(15)14-8-12(16-2)9-17-14/h3-6,8-9H,7H2,1-2H3. The Labute approximate surface area is 105 Å². The summed E-state index contributed by atoms with van der Waals surface area (Å²) in [7, 11) is 1.61. The van der Waals surface area contributed by atoms with Gasteiger partial charge in [-0.25, -0.2) is 0 Å². The Bertz CT molecular complexity index is 529. The van der Waals surface area contributed by atoms with Crippen LogP contribution in [0.1, 0.15) is 20.8 Å². The molecule has 0 aliphatic heterocycles. The number of ether oxygens (including phenoxy) is 1. The quantitative estimate of drug-likeness (QED) is 0.772. The molecule has 2 rings (SSSR count). The van der Waals surface area contributed by atoms with Crippen LogP contribution in [0.4, 0.5) is 0 Å². The highest BCUT2D eigenvalue weighted by Crippen LogP contribution is 2.22. The number of Topliss-reactive ketones (excluding diaryl/α,β-unsaturated/α-hetero) is 1. The summed E-state index contributed by atoms with van der Waals surface area (Å²) in [4.78, 5) is 12.8. The molecule has 0 aliphatic rings. The Hall–Kier alpha value is -1.61. The van der Waals surface area contributed by atoms with E-state index in [0.717, 1.165) is 16.2 Å². The lowest BCUT2D eigenvalue weighted by molar-refractivity contribution is 0.0996. The minimum Gasteiger partial charge on any atom is -0.496 e. The van der Waals surface area contributed by atoms with Crippen molar-refractivity contribution in [1.29, 1.82) is 0 Å².